The maximum Gasteiger partial charge on any atom is 0.0303 e. The third-order valence-corrected chi connectivity index (χ3v) is 5.13. The molecule has 0 aromatic carbocycles. The van der Waals surface area contributed by atoms with E-state index in [1.807, 2.05) is 0 Å². The van der Waals surface area contributed by atoms with Gasteiger partial charge in [0.1, 0.15) is 0 Å². The first kappa shape index (κ1) is 18.0. The Morgan fingerprint density at radius 1 is 1.00 bits per heavy atom. The van der Waals surface area contributed by atoms with Crippen molar-refractivity contribution >= 4 is 0 Å². The molecule has 0 saturated carbocycles. The standard InChI is InChI=1S/C18H38N2/c1-5-7-8-9-10-11-12-13-14-20-15-17(3)19-16-18(20,4)6-2/h17,19H,5-16H2,1-4H3. The van der Waals surface area contributed by atoms with Crippen LogP contribution in [0.5, 0.6) is 0 Å². The molecular weight excluding hydrogens is 244 g/mol. The highest BCUT2D eigenvalue weighted by molar-refractivity contribution is 4.93. The molecule has 0 aliphatic carbocycles. The smallest absolute Gasteiger partial charge is 0.0303 e. The third kappa shape index (κ3) is 6.13. The molecule has 1 heterocycles. The lowest BCUT2D eigenvalue weighted by Gasteiger charge is -2.47. The van der Waals surface area contributed by atoms with Crippen LogP contribution in [0.15, 0.2) is 0 Å². The molecule has 0 radical (unpaired) electrons. The fraction of sp³-hybridized carbons (Fsp3) is 1.00. The molecule has 1 rings (SSSR count). The molecule has 2 heteroatoms. The number of piperazine rings is 1. The summed E-state index contributed by atoms with van der Waals surface area (Å²) in [6, 6.07) is 0.656. The Bertz CT molecular complexity index is 242. The Balaban J connectivity index is 2.12. The van der Waals surface area contributed by atoms with Crippen LogP contribution < -0.4 is 5.32 Å². The van der Waals surface area contributed by atoms with E-state index >= 15 is 0 Å². The van der Waals surface area contributed by atoms with Crippen LogP contribution in [-0.2, 0) is 0 Å². The van der Waals surface area contributed by atoms with Crippen molar-refractivity contribution in [3.8, 4) is 0 Å². The molecule has 0 amide bonds. The predicted octanol–water partition coefficient (Wildman–Crippen LogP) is 4.59. The summed E-state index contributed by atoms with van der Waals surface area (Å²) < 4.78 is 0. The molecule has 0 aromatic heterocycles. The minimum Gasteiger partial charge on any atom is -0.311 e. The topological polar surface area (TPSA) is 15.3 Å². The predicted molar refractivity (Wildman–Crippen MR) is 90.3 cm³/mol. The number of nitrogens with zero attached hydrogens (tertiary/aromatic N) is 1. The first-order chi connectivity index (χ1) is 9.62. The molecule has 0 bridgehead atoms. The van der Waals surface area contributed by atoms with E-state index < -0.39 is 0 Å². The van der Waals surface area contributed by atoms with Gasteiger partial charge in [-0.05, 0) is 33.2 Å². The molecule has 0 aromatic rings. The molecule has 2 nitrogen and oxygen atoms in total. The van der Waals surface area contributed by atoms with Crippen LogP contribution in [0.1, 0.15) is 85.5 Å². The summed E-state index contributed by atoms with van der Waals surface area (Å²) in [6.45, 7) is 13.0. The van der Waals surface area contributed by atoms with Gasteiger partial charge in [-0.3, -0.25) is 4.90 Å². The third-order valence-electron chi connectivity index (χ3n) is 5.13. The zero-order chi connectivity index (χ0) is 14.8. The van der Waals surface area contributed by atoms with E-state index in [4.69, 9.17) is 0 Å². The van der Waals surface area contributed by atoms with Gasteiger partial charge < -0.3 is 5.32 Å². The van der Waals surface area contributed by atoms with E-state index in [9.17, 15) is 0 Å². The van der Waals surface area contributed by atoms with Gasteiger partial charge in [-0.1, -0.05) is 58.8 Å². The number of rotatable bonds is 10. The maximum absolute atomic E-state index is 3.64. The molecule has 0 spiro atoms. The second kappa shape index (κ2) is 9.78. The average Bonchev–Trinajstić information content (AvgIpc) is 2.45. The molecule has 1 fully saturated rings. The van der Waals surface area contributed by atoms with Crippen molar-refractivity contribution in [1.82, 2.24) is 10.2 Å². The van der Waals surface area contributed by atoms with Crippen molar-refractivity contribution in [1.29, 1.82) is 0 Å². The van der Waals surface area contributed by atoms with Crippen molar-refractivity contribution in [3.63, 3.8) is 0 Å². The van der Waals surface area contributed by atoms with Crippen LogP contribution in [0.25, 0.3) is 0 Å². The summed E-state index contributed by atoms with van der Waals surface area (Å²) in [5.41, 5.74) is 0.383. The molecular formula is C18H38N2. The monoisotopic (exact) mass is 282 g/mol. The van der Waals surface area contributed by atoms with Gasteiger partial charge in [0.2, 0.25) is 0 Å². The van der Waals surface area contributed by atoms with E-state index in [0.29, 0.717) is 11.6 Å². The van der Waals surface area contributed by atoms with Crippen LogP contribution in [-0.4, -0.2) is 36.1 Å². The fourth-order valence-electron chi connectivity index (χ4n) is 3.27. The van der Waals surface area contributed by atoms with Gasteiger partial charge in [-0.25, -0.2) is 0 Å². The maximum atomic E-state index is 3.64. The quantitative estimate of drug-likeness (QED) is 0.590. The van der Waals surface area contributed by atoms with Crippen molar-refractivity contribution in [2.75, 3.05) is 19.6 Å². The van der Waals surface area contributed by atoms with Crippen LogP contribution in [0.3, 0.4) is 0 Å². The Labute approximate surface area is 127 Å². The molecule has 2 atom stereocenters. The summed E-state index contributed by atoms with van der Waals surface area (Å²) in [7, 11) is 0. The number of nitrogens with one attached hydrogen (secondary N) is 1. The molecule has 2 unspecified atom stereocenters. The summed E-state index contributed by atoms with van der Waals surface area (Å²) in [5, 5.41) is 3.64. The molecule has 1 N–H and O–H groups in total. The van der Waals surface area contributed by atoms with Gasteiger partial charge in [-0.2, -0.15) is 0 Å². The summed E-state index contributed by atoms with van der Waals surface area (Å²) in [4.78, 5) is 2.74. The lowest BCUT2D eigenvalue weighted by atomic mass is 9.92. The van der Waals surface area contributed by atoms with E-state index in [-0.39, 0.29) is 0 Å². The first-order valence-corrected chi connectivity index (χ1v) is 9.11. The normalized spacial score (nSPS) is 27.9. The number of unbranched alkanes of at least 4 members (excludes halogenated alkanes) is 7. The summed E-state index contributed by atoms with van der Waals surface area (Å²) in [5.74, 6) is 0. The second-order valence-electron chi connectivity index (χ2n) is 7.05. The van der Waals surface area contributed by atoms with Gasteiger partial charge in [0.05, 0.1) is 0 Å². The summed E-state index contributed by atoms with van der Waals surface area (Å²) >= 11 is 0. The van der Waals surface area contributed by atoms with Gasteiger partial charge in [-0.15, -0.1) is 0 Å². The Kier molecular flexibility index (Phi) is 8.79. The lowest BCUT2D eigenvalue weighted by molar-refractivity contribution is 0.0510. The molecule has 1 aliphatic heterocycles. The molecule has 1 aliphatic rings. The van der Waals surface area contributed by atoms with Gasteiger partial charge in [0.15, 0.2) is 0 Å². The first-order valence-electron chi connectivity index (χ1n) is 9.11. The zero-order valence-corrected chi connectivity index (χ0v) is 14.5. The largest absolute Gasteiger partial charge is 0.311 e. The van der Waals surface area contributed by atoms with Gasteiger partial charge >= 0.3 is 0 Å². The number of hydrogen-bond donors (Lipinski definition) is 1. The van der Waals surface area contributed by atoms with E-state index in [1.54, 1.807) is 0 Å². The molecule has 1 saturated heterocycles. The minimum absolute atomic E-state index is 0.383. The van der Waals surface area contributed by atoms with E-state index in [2.05, 4.69) is 37.9 Å². The highest BCUT2D eigenvalue weighted by Crippen LogP contribution is 2.23. The second-order valence-corrected chi connectivity index (χ2v) is 7.05. The van der Waals surface area contributed by atoms with Gasteiger partial charge in [0, 0.05) is 24.7 Å². The SMILES string of the molecule is CCCCCCCCCCN1CC(C)NCC1(C)CC. The summed E-state index contributed by atoms with van der Waals surface area (Å²) in [6.07, 6.45) is 12.6. The van der Waals surface area contributed by atoms with Crippen LogP contribution in [0.2, 0.25) is 0 Å². The van der Waals surface area contributed by atoms with Crippen molar-refractivity contribution in [3.05, 3.63) is 0 Å². The Hall–Kier alpha value is -0.0800. The highest BCUT2D eigenvalue weighted by Gasteiger charge is 2.34. The zero-order valence-electron chi connectivity index (χ0n) is 14.5. The van der Waals surface area contributed by atoms with Crippen molar-refractivity contribution < 1.29 is 0 Å². The Morgan fingerprint density at radius 2 is 1.60 bits per heavy atom. The van der Waals surface area contributed by atoms with Crippen molar-refractivity contribution in [2.45, 2.75) is 97.1 Å². The van der Waals surface area contributed by atoms with Crippen LogP contribution >= 0.6 is 0 Å². The lowest BCUT2D eigenvalue weighted by Crippen LogP contribution is -2.62. The van der Waals surface area contributed by atoms with E-state index in [1.165, 1.54) is 70.9 Å². The average molecular weight is 283 g/mol. The molecule has 120 valence electrons. The number of hydrogen-bond acceptors (Lipinski definition) is 2. The fourth-order valence-corrected chi connectivity index (χ4v) is 3.27. The van der Waals surface area contributed by atoms with Gasteiger partial charge in [0.25, 0.3) is 0 Å². The Morgan fingerprint density at radius 3 is 2.20 bits per heavy atom. The van der Waals surface area contributed by atoms with Crippen LogP contribution in [0.4, 0.5) is 0 Å². The highest BCUT2D eigenvalue weighted by atomic mass is 15.3. The van der Waals surface area contributed by atoms with E-state index in [0.717, 1.165) is 6.54 Å². The molecule has 20 heavy (non-hydrogen) atoms. The van der Waals surface area contributed by atoms with Crippen molar-refractivity contribution in [2.24, 2.45) is 0 Å². The van der Waals surface area contributed by atoms with Crippen LogP contribution in [0, 0.1) is 0 Å². The minimum atomic E-state index is 0.383.